The monoisotopic (exact) mass is 340 g/mol. The third-order valence-corrected chi connectivity index (χ3v) is 3.96. The average Bonchev–Trinajstić information content (AvgIpc) is 3.01. The van der Waals surface area contributed by atoms with E-state index < -0.39 is 0 Å². The maximum Gasteiger partial charge on any atom is 0.167 e. The van der Waals surface area contributed by atoms with Crippen LogP contribution >= 0.6 is 11.6 Å². The second-order valence-corrected chi connectivity index (χ2v) is 5.90. The third kappa shape index (κ3) is 3.84. The molecule has 122 valence electrons. The maximum atomic E-state index is 12.5. The summed E-state index contributed by atoms with van der Waals surface area (Å²) in [6.45, 7) is 0.619. The van der Waals surface area contributed by atoms with Crippen molar-refractivity contribution in [2.24, 2.45) is 0 Å². The molecule has 0 N–H and O–H groups in total. The number of aromatic nitrogens is 2. The molecule has 0 aliphatic rings. The Balaban J connectivity index is 1.69. The Morgan fingerprint density at radius 2 is 1.92 bits per heavy atom. The summed E-state index contributed by atoms with van der Waals surface area (Å²) in [5.41, 5.74) is 2.63. The van der Waals surface area contributed by atoms with Gasteiger partial charge in [0.05, 0.1) is 24.9 Å². The lowest BCUT2D eigenvalue weighted by Crippen LogP contribution is -2.06. The molecule has 3 aromatic rings. The molecule has 2 aromatic carbocycles. The van der Waals surface area contributed by atoms with Gasteiger partial charge >= 0.3 is 0 Å². The molecule has 0 amide bonds. The summed E-state index contributed by atoms with van der Waals surface area (Å²) in [6, 6.07) is 15.1. The van der Waals surface area contributed by atoms with Crippen molar-refractivity contribution < 1.29 is 9.53 Å². The molecule has 24 heavy (non-hydrogen) atoms. The first-order chi connectivity index (χ1) is 11.7. The van der Waals surface area contributed by atoms with Crippen LogP contribution in [0.25, 0.3) is 0 Å². The fourth-order valence-corrected chi connectivity index (χ4v) is 2.69. The van der Waals surface area contributed by atoms with Crippen molar-refractivity contribution in [3.05, 3.63) is 82.6 Å². The van der Waals surface area contributed by atoms with Crippen molar-refractivity contribution in [1.29, 1.82) is 0 Å². The zero-order valence-corrected chi connectivity index (χ0v) is 14.0. The molecule has 0 spiro atoms. The third-order valence-electron chi connectivity index (χ3n) is 3.77. The zero-order chi connectivity index (χ0) is 16.9. The predicted octanol–water partition coefficient (Wildman–Crippen LogP) is 4.02. The van der Waals surface area contributed by atoms with Gasteiger partial charge in [-0.2, -0.15) is 5.10 Å². The summed E-state index contributed by atoms with van der Waals surface area (Å²) >= 11 is 5.86. The highest BCUT2D eigenvalue weighted by Crippen LogP contribution is 2.19. The van der Waals surface area contributed by atoms with Crippen LogP contribution in [0.5, 0.6) is 5.75 Å². The number of carbonyl (C=O) groups is 1. The quantitative estimate of drug-likeness (QED) is 0.637. The van der Waals surface area contributed by atoms with E-state index in [9.17, 15) is 4.79 Å². The molecule has 0 aliphatic carbocycles. The van der Waals surface area contributed by atoms with Crippen LogP contribution in [0, 0.1) is 0 Å². The van der Waals surface area contributed by atoms with Gasteiger partial charge in [0.15, 0.2) is 5.78 Å². The van der Waals surface area contributed by atoms with Crippen LogP contribution in [0.1, 0.15) is 21.5 Å². The first-order valence-corrected chi connectivity index (χ1v) is 7.95. The normalized spacial score (nSPS) is 10.6. The van der Waals surface area contributed by atoms with Gasteiger partial charge < -0.3 is 4.74 Å². The number of Topliss-reactive ketones (excluding diaryl/α,β-unsaturated/α-hetero) is 1. The van der Waals surface area contributed by atoms with Crippen LogP contribution in [0.2, 0.25) is 5.02 Å². The van der Waals surface area contributed by atoms with Gasteiger partial charge in [-0.1, -0.05) is 54.1 Å². The van der Waals surface area contributed by atoms with Crippen molar-refractivity contribution in [2.45, 2.75) is 13.0 Å². The molecule has 3 rings (SSSR count). The molecular formula is C19H17ClN2O2. The number of hydrogen-bond acceptors (Lipinski definition) is 3. The number of hydrogen-bond donors (Lipinski definition) is 0. The fourth-order valence-electron chi connectivity index (χ4n) is 2.53. The van der Waals surface area contributed by atoms with Crippen LogP contribution in [-0.2, 0) is 13.0 Å². The van der Waals surface area contributed by atoms with Crippen molar-refractivity contribution in [1.82, 2.24) is 9.78 Å². The number of ketones is 1. The number of rotatable bonds is 6. The second-order valence-electron chi connectivity index (χ2n) is 5.46. The lowest BCUT2D eigenvalue weighted by molar-refractivity contribution is 0.0992. The van der Waals surface area contributed by atoms with Gasteiger partial charge in [-0.3, -0.25) is 9.48 Å². The maximum absolute atomic E-state index is 12.5. The molecule has 4 nitrogen and oxygen atoms in total. The molecular weight excluding hydrogens is 324 g/mol. The predicted molar refractivity (Wildman–Crippen MR) is 93.8 cm³/mol. The summed E-state index contributed by atoms with van der Waals surface area (Å²) in [7, 11) is 1.61. The SMILES string of the molecule is COc1ccccc1CC(=O)c1ccc(Cn2cc(Cl)cn2)cc1. The summed E-state index contributed by atoms with van der Waals surface area (Å²) in [5, 5.41) is 4.76. The van der Waals surface area contributed by atoms with E-state index in [1.807, 2.05) is 48.5 Å². The van der Waals surface area contributed by atoms with Crippen molar-refractivity contribution in [3.8, 4) is 5.75 Å². The van der Waals surface area contributed by atoms with Gasteiger partial charge in [-0.25, -0.2) is 0 Å². The van der Waals surface area contributed by atoms with Crippen LogP contribution < -0.4 is 4.74 Å². The smallest absolute Gasteiger partial charge is 0.167 e. The number of methoxy groups -OCH3 is 1. The van der Waals surface area contributed by atoms with E-state index in [4.69, 9.17) is 16.3 Å². The molecule has 1 heterocycles. The molecule has 0 radical (unpaired) electrons. The molecule has 0 aliphatic heterocycles. The highest BCUT2D eigenvalue weighted by molar-refractivity contribution is 6.30. The first-order valence-electron chi connectivity index (χ1n) is 7.57. The molecule has 1 aromatic heterocycles. The van der Waals surface area contributed by atoms with E-state index in [2.05, 4.69) is 5.10 Å². The van der Waals surface area contributed by atoms with Gasteiger partial charge in [-0.05, 0) is 11.6 Å². The van der Waals surface area contributed by atoms with Crippen molar-refractivity contribution in [3.63, 3.8) is 0 Å². The van der Waals surface area contributed by atoms with Crippen LogP contribution in [0.15, 0.2) is 60.9 Å². The highest BCUT2D eigenvalue weighted by Gasteiger charge is 2.10. The van der Waals surface area contributed by atoms with E-state index in [1.165, 1.54) is 0 Å². The van der Waals surface area contributed by atoms with E-state index in [-0.39, 0.29) is 5.78 Å². The van der Waals surface area contributed by atoms with Crippen LogP contribution in [0.3, 0.4) is 0 Å². The molecule has 0 unspecified atom stereocenters. The summed E-state index contributed by atoms with van der Waals surface area (Å²) in [6.07, 6.45) is 3.69. The number of nitrogens with zero attached hydrogens (tertiary/aromatic N) is 2. The van der Waals surface area contributed by atoms with Gasteiger partial charge in [0.2, 0.25) is 0 Å². The number of benzene rings is 2. The number of halogens is 1. The first kappa shape index (κ1) is 16.3. The molecule has 0 atom stereocenters. The van der Waals surface area contributed by atoms with Crippen LogP contribution in [-0.4, -0.2) is 22.7 Å². The lowest BCUT2D eigenvalue weighted by atomic mass is 10.0. The number of para-hydroxylation sites is 1. The van der Waals surface area contributed by atoms with Gasteiger partial charge in [0, 0.05) is 23.7 Å². The van der Waals surface area contributed by atoms with E-state index in [0.29, 0.717) is 23.6 Å². The molecule has 0 saturated carbocycles. The molecule has 0 bridgehead atoms. The number of carbonyl (C=O) groups excluding carboxylic acids is 1. The van der Waals surface area contributed by atoms with E-state index in [1.54, 1.807) is 24.2 Å². The molecule has 0 saturated heterocycles. The largest absolute Gasteiger partial charge is 0.496 e. The van der Waals surface area contributed by atoms with E-state index >= 15 is 0 Å². The Kier molecular flexibility index (Phi) is 4.96. The Bertz CT molecular complexity index is 841. The minimum absolute atomic E-state index is 0.0631. The summed E-state index contributed by atoms with van der Waals surface area (Å²) < 4.78 is 7.05. The van der Waals surface area contributed by atoms with E-state index in [0.717, 1.165) is 16.9 Å². The second kappa shape index (κ2) is 7.32. The fraction of sp³-hybridized carbons (Fsp3) is 0.158. The van der Waals surface area contributed by atoms with Crippen LogP contribution in [0.4, 0.5) is 0 Å². The van der Waals surface area contributed by atoms with Gasteiger partial charge in [0.1, 0.15) is 5.75 Å². The Hall–Kier alpha value is -2.59. The average molecular weight is 341 g/mol. The van der Waals surface area contributed by atoms with Crippen molar-refractivity contribution >= 4 is 17.4 Å². The lowest BCUT2D eigenvalue weighted by Gasteiger charge is -2.08. The Morgan fingerprint density at radius 1 is 1.17 bits per heavy atom. The minimum Gasteiger partial charge on any atom is -0.496 e. The van der Waals surface area contributed by atoms with Gasteiger partial charge in [-0.15, -0.1) is 0 Å². The Morgan fingerprint density at radius 3 is 2.58 bits per heavy atom. The highest BCUT2D eigenvalue weighted by atomic mass is 35.5. The topological polar surface area (TPSA) is 44.1 Å². The van der Waals surface area contributed by atoms with Gasteiger partial charge in [0.25, 0.3) is 0 Å². The van der Waals surface area contributed by atoms with Crippen molar-refractivity contribution in [2.75, 3.05) is 7.11 Å². The Labute approximate surface area is 145 Å². The summed E-state index contributed by atoms with van der Waals surface area (Å²) in [4.78, 5) is 12.5. The molecule has 5 heteroatoms. The molecule has 0 fully saturated rings. The standard InChI is InChI=1S/C19H17ClN2O2/c1-24-19-5-3-2-4-16(19)10-18(23)15-8-6-14(7-9-15)12-22-13-17(20)11-21-22/h2-9,11,13H,10,12H2,1H3. The zero-order valence-electron chi connectivity index (χ0n) is 13.3. The minimum atomic E-state index is 0.0631. The summed E-state index contributed by atoms with van der Waals surface area (Å²) in [5.74, 6) is 0.797. The number of ether oxygens (including phenoxy) is 1.